The first-order valence-electron chi connectivity index (χ1n) is 12.0. The number of hydrogen-bond acceptors (Lipinski definition) is 3. The topological polar surface area (TPSA) is 61.8 Å². The Morgan fingerprint density at radius 2 is 1.78 bits per heavy atom. The van der Waals surface area contributed by atoms with Gasteiger partial charge in [-0.05, 0) is 25.0 Å². The van der Waals surface area contributed by atoms with Crippen molar-refractivity contribution >= 4 is 11.2 Å². The first-order chi connectivity index (χ1) is 15.3. The molecule has 0 N–H and O–H groups in total. The second-order valence-electron chi connectivity index (χ2n) is 9.64. The molecule has 0 bridgehead atoms. The van der Waals surface area contributed by atoms with E-state index in [2.05, 4.69) is 25.1 Å². The van der Waals surface area contributed by atoms with Gasteiger partial charge in [-0.3, -0.25) is 13.9 Å². The summed E-state index contributed by atoms with van der Waals surface area (Å²) in [5.74, 6) is 0.827. The molecule has 0 radical (unpaired) electrons. The van der Waals surface area contributed by atoms with Gasteiger partial charge in [0, 0.05) is 33.5 Å². The van der Waals surface area contributed by atoms with Crippen molar-refractivity contribution in [3.05, 3.63) is 52.5 Å². The zero-order valence-corrected chi connectivity index (χ0v) is 20.1. The van der Waals surface area contributed by atoms with Crippen LogP contribution in [0.3, 0.4) is 0 Å². The van der Waals surface area contributed by atoms with Crippen LogP contribution in [0.4, 0.5) is 0 Å². The summed E-state index contributed by atoms with van der Waals surface area (Å²) in [7, 11) is 3.18. The number of aromatic nitrogens is 4. The van der Waals surface area contributed by atoms with Gasteiger partial charge in [0.2, 0.25) is 0 Å². The third kappa shape index (κ3) is 4.82. The lowest BCUT2D eigenvalue weighted by molar-refractivity contribution is -0.940. The summed E-state index contributed by atoms with van der Waals surface area (Å²) in [6, 6.07) is 0.530. The van der Waals surface area contributed by atoms with E-state index in [0.717, 1.165) is 41.0 Å². The molecule has 3 rings (SSSR count). The zero-order valence-electron chi connectivity index (χ0n) is 20.1. The van der Waals surface area contributed by atoms with Crippen molar-refractivity contribution in [3.63, 3.8) is 0 Å². The van der Waals surface area contributed by atoms with E-state index >= 15 is 0 Å². The molecule has 2 heterocycles. The minimum Gasteiger partial charge on any atom is -0.325 e. The lowest BCUT2D eigenvalue weighted by atomic mass is 9.84. The molecule has 2 aromatic rings. The minimum atomic E-state index is -0.350. The number of fused-ring (bicyclic) bond motifs is 1. The van der Waals surface area contributed by atoms with Crippen LogP contribution in [0.25, 0.3) is 11.2 Å². The first kappa shape index (κ1) is 24.2. The lowest BCUT2D eigenvalue weighted by Crippen LogP contribution is -2.55. The van der Waals surface area contributed by atoms with E-state index < -0.39 is 0 Å². The standard InChI is InChI=1S/C25H40N5O2/c1-6-15-30(16-7-2,20(3)18-21-12-9-8-10-13-21)17-11-14-29-19-26-23-22(29)24(31)28(5)25(32)27(23)4/h6-7,19-21H,1-2,8-18H2,3-5H3/q+1. The van der Waals surface area contributed by atoms with Crippen molar-refractivity contribution in [2.75, 3.05) is 19.6 Å². The van der Waals surface area contributed by atoms with Crippen LogP contribution in [0.15, 0.2) is 41.2 Å². The van der Waals surface area contributed by atoms with Crippen molar-refractivity contribution in [2.45, 2.75) is 64.5 Å². The Hall–Kier alpha value is -2.41. The van der Waals surface area contributed by atoms with Crippen LogP contribution < -0.4 is 11.2 Å². The molecule has 0 amide bonds. The van der Waals surface area contributed by atoms with E-state index in [0.29, 0.717) is 23.8 Å². The largest absolute Gasteiger partial charge is 0.332 e. The molecular formula is C25H40N5O2+. The van der Waals surface area contributed by atoms with Crippen molar-refractivity contribution in [2.24, 2.45) is 20.0 Å². The van der Waals surface area contributed by atoms with Gasteiger partial charge in [-0.2, -0.15) is 0 Å². The summed E-state index contributed by atoms with van der Waals surface area (Å²) in [4.78, 5) is 29.3. The van der Waals surface area contributed by atoms with Gasteiger partial charge in [0.05, 0.1) is 32.0 Å². The van der Waals surface area contributed by atoms with Crippen molar-refractivity contribution in [1.29, 1.82) is 0 Å². The van der Waals surface area contributed by atoms with Gasteiger partial charge < -0.3 is 9.05 Å². The third-order valence-corrected chi connectivity index (χ3v) is 7.54. The van der Waals surface area contributed by atoms with Crippen LogP contribution in [-0.2, 0) is 20.6 Å². The normalized spacial score (nSPS) is 16.3. The Morgan fingerprint density at radius 3 is 2.41 bits per heavy atom. The molecule has 2 aromatic heterocycles. The molecular weight excluding hydrogens is 402 g/mol. The molecule has 0 saturated heterocycles. The maximum atomic E-state index is 12.7. The highest BCUT2D eigenvalue weighted by molar-refractivity contribution is 5.69. The zero-order chi connectivity index (χ0) is 23.3. The van der Waals surface area contributed by atoms with Gasteiger partial charge in [-0.1, -0.05) is 45.3 Å². The molecule has 32 heavy (non-hydrogen) atoms. The SMILES string of the molecule is C=CC[N+](CC=C)(CCCn1cnc2c1c(=O)n(C)c(=O)n2C)C(C)CC1CCCCC1. The van der Waals surface area contributed by atoms with E-state index in [1.165, 1.54) is 50.1 Å². The number of aryl methyl sites for hydroxylation is 2. The summed E-state index contributed by atoms with van der Waals surface area (Å²) >= 11 is 0. The summed E-state index contributed by atoms with van der Waals surface area (Å²) in [5.41, 5.74) is 0.304. The van der Waals surface area contributed by atoms with Gasteiger partial charge in [-0.15, -0.1) is 0 Å². The quantitative estimate of drug-likeness (QED) is 0.396. The predicted molar refractivity (Wildman–Crippen MR) is 131 cm³/mol. The minimum absolute atomic E-state index is 0.288. The van der Waals surface area contributed by atoms with Crippen molar-refractivity contribution in [3.8, 4) is 0 Å². The smallest absolute Gasteiger partial charge is 0.325 e. The van der Waals surface area contributed by atoms with Crippen LogP contribution >= 0.6 is 0 Å². The summed E-state index contributed by atoms with van der Waals surface area (Å²) in [6.07, 6.45) is 14.8. The average molecular weight is 443 g/mol. The molecule has 1 unspecified atom stereocenters. The fraction of sp³-hybridized carbons (Fsp3) is 0.640. The van der Waals surface area contributed by atoms with E-state index in [9.17, 15) is 9.59 Å². The van der Waals surface area contributed by atoms with Crippen LogP contribution in [-0.4, -0.2) is 48.8 Å². The fourth-order valence-electron chi connectivity index (χ4n) is 5.60. The number of hydrogen-bond donors (Lipinski definition) is 0. The molecule has 1 fully saturated rings. The number of nitrogens with zero attached hydrogens (tertiary/aromatic N) is 5. The molecule has 176 valence electrons. The number of quaternary nitrogens is 1. The van der Waals surface area contributed by atoms with Crippen LogP contribution in [0.2, 0.25) is 0 Å². The Labute approximate surface area is 191 Å². The molecule has 1 saturated carbocycles. The maximum absolute atomic E-state index is 12.7. The second-order valence-corrected chi connectivity index (χ2v) is 9.64. The molecule has 0 spiro atoms. The van der Waals surface area contributed by atoms with Crippen LogP contribution in [0.5, 0.6) is 0 Å². The average Bonchev–Trinajstić information content (AvgIpc) is 3.21. The molecule has 0 aromatic carbocycles. The molecule has 7 nitrogen and oxygen atoms in total. The van der Waals surface area contributed by atoms with Gasteiger partial charge in [0.25, 0.3) is 5.56 Å². The molecule has 0 aliphatic heterocycles. The maximum Gasteiger partial charge on any atom is 0.332 e. The first-order valence-corrected chi connectivity index (χ1v) is 12.0. The van der Waals surface area contributed by atoms with Crippen molar-refractivity contribution in [1.82, 2.24) is 18.7 Å². The molecule has 1 atom stereocenters. The Morgan fingerprint density at radius 1 is 1.12 bits per heavy atom. The van der Waals surface area contributed by atoms with E-state index in [4.69, 9.17) is 0 Å². The number of imidazole rings is 1. The van der Waals surface area contributed by atoms with E-state index in [1.807, 2.05) is 16.7 Å². The van der Waals surface area contributed by atoms with Crippen molar-refractivity contribution < 1.29 is 4.48 Å². The van der Waals surface area contributed by atoms with E-state index in [1.54, 1.807) is 13.4 Å². The highest BCUT2D eigenvalue weighted by atomic mass is 16.2. The van der Waals surface area contributed by atoms with Gasteiger partial charge in [0.15, 0.2) is 11.2 Å². The van der Waals surface area contributed by atoms with E-state index in [-0.39, 0.29) is 11.2 Å². The Bertz CT molecular complexity index is 1040. The monoisotopic (exact) mass is 442 g/mol. The van der Waals surface area contributed by atoms with Gasteiger partial charge in [0.1, 0.15) is 0 Å². The predicted octanol–water partition coefficient (Wildman–Crippen LogP) is 3.37. The summed E-state index contributed by atoms with van der Waals surface area (Å²) in [5, 5.41) is 0. The fourth-order valence-corrected chi connectivity index (χ4v) is 5.60. The molecule has 1 aliphatic rings. The number of rotatable bonds is 11. The van der Waals surface area contributed by atoms with Gasteiger partial charge in [-0.25, -0.2) is 9.78 Å². The molecule has 7 heteroatoms. The van der Waals surface area contributed by atoms with Gasteiger partial charge >= 0.3 is 5.69 Å². The summed E-state index contributed by atoms with van der Waals surface area (Å²) in [6.45, 7) is 14.0. The van der Waals surface area contributed by atoms with Crippen LogP contribution in [0.1, 0.15) is 51.9 Å². The molecule has 1 aliphatic carbocycles. The highest BCUT2D eigenvalue weighted by Crippen LogP contribution is 2.31. The third-order valence-electron chi connectivity index (χ3n) is 7.54. The highest BCUT2D eigenvalue weighted by Gasteiger charge is 2.33. The Balaban J connectivity index is 1.79. The summed E-state index contributed by atoms with van der Waals surface area (Å²) < 4.78 is 5.45. The second kappa shape index (κ2) is 10.5. The lowest BCUT2D eigenvalue weighted by Gasteiger charge is -2.44. The van der Waals surface area contributed by atoms with Crippen LogP contribution in [0, 0.1) is 5.92 Å². The Kier molecular flexibility index (Phi) is 7.93.